The van der Waals surface area contributed by atoms with E-state index in [2.05, 4.69) is 40.3 Å². The predicted molar refractivity (Wildman–Crippen MR) is 85.3 cm³/mol. The molecule has 0 aromatic heterocycles. The number of halogens is 2. The van der Waals surface area contributed by atoms with Crippen LogP contribution >= 0.6 is 15.9 Å². The third-order valence-corrected chi connectivity index (χ3v) is 3.89. The van der Waals surface area contributed by atoms with Crippen molar-refractivity contribution in [2.24, 2.45) is 0 Å². The maximum absolute atomic E-state index is 14.3. The van der Waals surface area contributed by atoms with Crippen LogP contribution in [0.4, 0.5) is 4.39 Å². The van der Waals surface area contributed by atoms with Gasteiger partial charge in [0.25, 0.3) is 0 Å². The molecule has 0 spiro atoms. The Morgan fingerprint density at radius 1 is 1.10 bits per heavy atom. The molecule has 0 fully saturated rings. The highest BCUT2D eigenvalue weighted by Crippen LogP contribution is 2.26. The molecular formula is C17H19BrFN. The minimum absolute atomic E-state index is 0.00477. The van der Waals surface area contributed by atoms with Gasteiger partial charge in [0.05, 0.1) is 4.47 Å². The number of benzene rings is 2. The van der Waals surface area contributed by atoms with E-state index in [1.165, 1.54) is 5.56 Å². The normalized spacial score (nSPS) is 12.3. The van der Waals surface area contributed by atoms with Crippen LogP contribution in [0.2, 0.25) is 0 Å². The Labute approximate surface area is 128 Å². The van der Waals surface area contributed by atoms with Crippen LogP contribution in [0.5, 0.6) is 0 Å². The second-order valence-corrected chi connectivity index (χ2v) is 5.69. The Hall–Kier alpha value is -1.19. The van der Waals surface area contributed by atoms with Crippen molar-refractivity contribution in [3.8, 4) is 0 Å². The lowest BCUT2D eigenvalue weighted by atomic mass is 9.98. The summed E-state index contributed by atoms with van der Waals surface area (Å²) in [4.78, 5) is 0. The lowest BCUT2D eigenvalue weighted by Crippen LogP contribution is -2.25. The van der Waals surface area contributed by atoms with Gasteiger partial charge in [-0.3, -0.25) is 0 Å². The molecule has 1 nitrogen and oxygen atoms in total. The van der Waals surface area contributed by atoms with Crippen molar-refractivity contribution in [2.45, 2.75) is 25.8 Å². The van der Waals surface area contributed by atoms with E-state index in [-0.39, 0.29) is 11.9 Å². The van der Waals surface area contributed by atoms with Crippen molar-refractivity contribution in [1.82, 2.24) is 5.32 Å². The molecule has 0 radical (unpaired) electrons. The summed E-state index contributed by atoms with van der Waals surface area (Å²) in [6.45, 7) is 2.99. The van der Waals surface area contributed by atoms with E-state index in [0.717, 1.165) is 24.9 Å². The molecule has 0 aliphatic rings. The van der Waals surface area contributed by atoms with Gasteiger partial charge in [-0.15, -0.1) is 0 Å². The molecule has 0 bridgehead atoms. The fourth-order valence-corrected chi connectivity index (χ4v) is 2.63. The summed E-state index contributed by atoms with van der Waals surface area (Å²) in [5.41, 5.74) is 1.93. The fraction of sp³-hybridized carbons (Fsp3) is 0.294. The van der Waals surface area contributed by atoms with E-state index in [4.69, 9.17) is 0 Å². The van der Waals surface area contributed by atoms with Crippen molar-refractivity contribution in [1.29, 1.82) is 0 Å². The Balaban J connectivity index is 2.25. The van der Waals surface area contributed by atoms with Gasteiger partial charge in [0.1, 0.15) is 5.82 Å². The van der Waals surface area contributed by atoms with E-state index >= 15 is 0 Å². The van der Waals surface area contributed by atoms with Gasteiger partial charge in [0, 0.05) is 11.6 Å². The van der Waals surface area contributed by atoms with E-state index in [9.17, 15) is 4.39 Å². The predicted octanol–water partition coefficient (Wildman–Crippen LogP) is 4.87. The average Bonchev–Trinajstić information content (AvgIpc) is 2.48. The van der Waals surface area contributed by atoms with Gasteiger partial charge in [-0.05, 0) is 46.9 Å². The van der Waals surface area contributed by atoms with Crippen LogP contribution in [0.15, 0.2) is 53.0 Å². The third-order valence-electron chi connectivity index (χ3n) is 3.28. The Morgan fingerprint density at radius 3 is 2.55 bits per heavy atom. The Bertz CT molecular complexity index is 542. The van der Waals surface area contributed by atoms with Crippen molar-refractivity contribution in [3.63, 3.8) is 0 Å². The van der Waals surface area contributed by atoms with Crippen LogP contribution in [0, 0.1) is 5.82 Å². The summed E-state index contributed by atoms with van der Waals surface area (Å²) in [7, 11) is 0. The number of hydrogen-bond donors (Lipinski definition) is 1. The summed E-state index contributed by atoms with van der Waals surface area (Å²) >= 11 is 3.27. The quantitative estimate of drug-likeness (QED) is 0.793. The topological polar surface area (TPSA) is 12.0 Å². The third kappa shape index (κ3) is 3.90. The van der Waals surface area contributed by atoms with Crippen LogP contribution in [-0.2, 0) is 6.42 Å². The maximum atomic E-state index is 14.3. The van der Waals surface area contributed by atoms with E-state index in [1.54, 1.807) is 6.07 Å². The molecule has 20 heavy (non-hydrogen) atoms. The summed E-state index contributed by atoms with van der Waals surface area (Å²) in [6, 6.07) is 15.7. The minimum atomic E-state index is -0.169. The highest BCUT2D eigenvalue weighted by molar-refractivity contribution is 9.10. The zero-order valence-electron chi connectivity index (χ0n) is 11.6. The standard InChI is InChI=1S/C17H19BrFN/c1-2-11-20-16(12-13-7-4-3-5-8-13)14-9-6-10-15(18)17(14)19/h3-10,16,20H,2,11-12H2,1H3. The molecule has 1 unspecified atom stereocenters. The average molecular weight is 336 g/mol. The molecule has 0 aliphatic heterocycles. The Morgan fingerprint density at radius 2 is 1.85 bits per heavy atom. The molecule has 0 saturated carbocycles. The molecule has 0 aliphatic carbocycles. The van der Waals surface area contributed by atoms with Gasteiger partial charge in [0.2, 0.25) is 0 Å². The van der Waals surface area contributed by atoms with Crippen LogP contribution in [-0.4, -0.2) is 6.54 Å². The van der Waals surface area contributed by atoms with Gasteiger partial charge in [0.15, 0.2) is 0 Å². The van der Waals surface area contributed by atoms with Gasteiger partial charge in [-0.2, -0.15) is 0 Å². The Kier molecular flexibility index (Phi) is 5.74. The molecule has 2 aromatic carbocycles. The summed E-state index contributed by atoms with van der Waals surface area (Å²) < 4.78 is 14.8. The minimum Gasteiger partial charge on any atom is -0.310 e. The molecule has 0 saturated heterocycles. The molecular weight excluding hydrogens is 317 g/mol. The zero-order valence-corrected chi connectivity index (χ0v) is 13.2. The monoisotopic (exact) mass is 335 g/mol. The molecule has 0 amide bonds. The molecule has 1 N–H and O–H groups in total. The van der Waals surface area contributed by atoms with E-state index in [0.29, 0.717) is 4.47 Å². The fourth-order valence-electron chi connectivity index (χ4n) is 2.25. The molecule has 1 atom stereocenters. The van der Waals surface area contributed by atoms with Crippen LogP contribution in [0.3, 0.4) is 0 Å². The van der Waals surface area contributed by atoms with Crippen LogP contribution in [0.1, 0.15) is 30.5 Å². The first-order chi connectivity index (χ1) is 9.72. The lowest BCUT2D eigenvalue weighted by molar-refractivity contribution is 0.495. The van der Waals surface area contributed by atoms with Crippen LogP contribution < -0.4 is 5.32 Å². The molecule has 0 heterocycles. The first kappa shape index (κ1) is 15.2. The highest BCUT2D eigenvalue weighted by Gasteiger charge is 2.17. The number of rotatable bonds is 6. The number of nitrogens with one attached hydrogen (secondary N) is 1. The summed E-state index contributed by atoms with van der Waals surface area (Å²) in [6.07, 6.45) is 1.81. The molecule has 3 heteroatoms. The summed E-state index contributed by atoms with van der Waals surface area (Å²) in [5.74, 6) is -0.169. The largest absolute Gasteiger partial charge is 0.310 e. The first-order valence-corrected chi connectivity index (χ1v) is 7.73. The van der Waals surface area contributed by atoms with Crippen molar-refractivity contribution < 1.29 is 4.39 Å². The first-order valence-electron chi connectivity index (χ1n) is 6.93. The molecule has 2 aromatic rings. The zero-order chi connectivity index (χ0) is 14.4. The maximum Gasteiger partial charge on any atom is 0.142 e. The van der Waals surface area contributed by atoms with Crippen molar-refractivity contribution in [2.75, 3.05) is 6.54 Å². The van der Waals surface area contributed by atoms with Crippen LogP contribution in [0.25, 0.3) is 0 Å². The van der Waals surface area contributed by atoms with Gasteiger partial charge >= 0.3 is 0 Å². The smallest absolute Gasteiger partial charge is 0.142 e. The van der Waals surface area contributed by atoms with E-state index < -0.39 is 0 Å². The highest BCUT2D eigenvalue weighted by atomic mass is 79.9. The number of hydrogen-bond acceptors (Lipinski definition) is 1. The SMILES string of the molecule is CCCNC(Cc1ccccc1)c1cccc(Br)c1F. The van der Waals surface area contributed by atoms with Gasteiger partial charge < -0.3 is 5.32 Å². The van der Waals surface area contributed by atoms with Crippen molar-refractivity contribution >= 4 is 15.9 Å². The second-order valence-electron chi connectivity index (χ2n) is 4.84. The lowest BCUT2D eigenvalue weighted by Gasteiger charge is -2.20. The summed E-state index contributed by atoms with van der Waals surface area (Å²) in [5, 5.41) is 3.44. The molecule has 106 valence electrons. The van der Waals surface area contributed by atoms with Gasteiger partial charge in [-0.25, -0.2) is 4.39 Å². The van der Waals surface area contributed by atoms with Crippen molar-refractivity contribution in [3.05, 3.63) is 69.9 Å². The van der Waals surface area contributed by atoms with E-state index in [1.807, 2.05) is 30.3 Å². The van der Waals surface area contributed by atoms with Gasteiger partial charge in [-0.1, -0.05) is 49.4 Å². The second kappa shape index (κ2) is 7.55. The molecule has 2 rings (SSSR count).